The zero-order valence-electron chi connectivity index (χ0n) is 14.1. The molecule has 0 aliphatic carbocycles. The van der Waals surface area contributed by atoms with Gasteiger partial charge in [0.15, 0.2) is 0 Å². The van der Waals surface area contributed by atoms with E-state index in [0.717, 1.165) is 0 Å². The fraction of sp³-hybridized carbons (Fsp3) is 0.235. The maximum Gasteiger partial charge on any atom is 0.269 e. The van der Waals surface area contributed by atoms with Crippen molar-refractivity contribution in [3.8, 4) is 23.0 Å². The van der Waals surface area contributed by atoms with Gasteiger partial charge < -0.3 is 14.6 Å². The highest BCUT2D eigenvalue weighted by molar-refractivity contribution is 5.92. The lowest BCUT2D eigenvalue weighted by Crippen LogP contribution is -2.18. The van der Waals surface area contributed by atoms with E-state index in [1.807, 2.05) is 13.8 Å². The Hall–Kier alpha value is -3.29. The van der Waals surface area contributed by atoms with E-state index in [1.54, 1.807) is 37.5 Å². The summed E-state index contributed by atoms with van der Waals surface area (Å²) in [7, 11) is 1.54. The van der Waals surface area contributed by atoms with Crippen molar-refractivity contribution >= 4 is 5.91 Å². The molecule has 0 spiro atoms. The Labute approximate surface area is 144 Å². The number of nitrogens with one attached hydrogen (secondary N) is 1. The quantitative estimate of drug-likeness (QED) is 0.762. The number of amides is 1. The molecule has 3 heterocycles. The maximum absolute atomic E-state index is 11.6. The minimum atomic E-state index is -0.281. The van der Waals surface area contributed by atoms with Crippen LogP contribution in [0, 0.1) is 0 Å². The molecule has 0 saturated heterocycles. The first-order valence-electron chi connectivity index (χ1n) is 7.73. The molecular weight excluding hydrogens is 322 g/mol. The van der Waals surface area contributed by atoms with Crippen LogP contribution < -0.4 is 10.1 Å². The van der Waals surface area contributed by atoms with Crippen molar-refractivity contribution in [2.45, 2.75) is 19.8 Å². The van der Waals surface area contributed by atoms with Crippen molar-refractivity contribution < 1.29 is 14.1 Å². The molecule has 0 unspecified atom stereocenters. The van der Waals surface area contributed by atoms with E-state index < -0.39 is 0 Å². The number of nitrogens with zero attached hydrogens (tertiary/aromatic N) is 4. The zero-order chi connectivity index (χ0) is 17.8. The van der Waals surface area contributed by atoms with E-state index in [2.05, 4.69) is 25.4 Å². The highest BCUT2D eigenvalue weighted by Crippen LogP contribution is 2.23. The standard InChI is InChI=1S/C17H17N5O3/c1-10(2)17-21-15(22-25-17)13-5-4-12(9-20-13)24-11-6-7-19-14(8-11)16(23)18-3/h4-10H,1-3H3,(H,18,23). The topological polar surface area (TPSA) is 103 Å². The van der Waals surface area contributed by atoms with E-state index in [4.69, 9.17) is 9.26 Å². The van der Waals surface area contributed by atoms with E-state index in [-0.39, 0.29) is 17.5 Å². The normalized spacial score (nSPS) is 10.7. The smallest absolute Gasteiger partial charge is 0.269 e. The Kier molecular flexibility index (Phi) is 4.69. The summed E-state index contributed by atoms with van der Waals surface area (Å²) in [6.07, 6.45) is 3.06. The lowest BCUT2D eigenvalue weighted by atomic mass is 10.2. The van der Waals surface area contributed by atoms with Crippen LogP contribution in [-0.2, 0) is 0 Å². The molecule has 0 aliphatic rings. The predicted molar refractivity (Wildman–Crippen MR) is 89.3 cm³/mol. The molecular formula is C17H17N5O3. The van der Waals surface area contributed by atoms with Crippen LogP contribution in [0.25, 0.3) is 11.5 Å². The Bertz CT molecular complexity index is 874. The van der Waals surface area contributed by atoms with E-state index >= 15 is 0 Å². The van der Waals surface area contributed by atoms with E-state index in [9.17, 15) is 4.79 Å². The minimum Gasteiger partial charge on any atom is -0.456 e. The molecule has 0 aliphatic heterocycles. The van der Waals surface area contributed by atoms with Crippen LogP contribution in [0.3, 0.4) is 0 Å². The maximum atomic E-state index is 11.6. The van der Waals surface area contributed by atoms with Gasteiger partial charge in [-0.15, -0.1) is 0 Å². The fourth-order valence-corrected chi connectivity index (χ4v) is 2.01. The molecule has 3 aromatic heterocycles. The van der Waals surface area contributed by atoms with Crippen molar-refractivity contribution in [3.05, 3.63) is 48.2 Å². The lowest BCUT2D eigenvalue weighted by Gasteiger charge is -2.06. The number of aromatic nitrogens is 4. The average Bonchev–Trinajstić information content (AvgIpc) is 3.12. The second-order valence-electron chi connectivity index (χ2n) is 5.55. The highest BCUT2D eigenvalue weighted by Gasteiger charge is 2.13. The summed E-state index contributed by atoms with van der Waals surface area (Å²) in [6.45, 7) is 3.95. The Morgan fingerprint density at radius 1 is 1.20 bits per heavy atom. The van der Waals surface area contributed by atoms with Crippen LogP contribution >= 0.6 is 0 Å². The van der Waals surface area contributed by atoms with Gasteiger partial charge in [0.2, 0.25) is 11.7 Å². The Balaban J connectivity index is 1.75. The summed E-state index contributed by atoms with van der Waals surface area (Å²) >= 11 is 0. The van der Waals surface area contributed by atoms with Gasteiger partial charge >= 0.3 is 0 Å². The molecule has 8 heteroatoms. The van der Waals surface area contributed by atoms with Crippen LogP contribution in [0.1, 0.15) is 36.1 Å². The number of hydrogen-bond acceptors (Lipinski definition) is 7. The van der Waals surface area contributed by atoms with Gasteiger partial charge in [-0.25, -0.2) is 4.98 Å². The largest absolute Gasteiger partial charge is 0.456 e. The van der Waals surface area contributed by atoms with Crippen LogP contribution in [-0.4, -0.2) is 33.1 Å². The first-order chi connectivity index (χ1) is 12.1. The molecule has 3 aromatic rings. The van der Waals surface area contributed by atoms with Crippen LogP contribution in [0.4, 0.5) is 0 Å². The first kappa shape index (κ1) is 16.6. The van der Waals surface area contributed by atoms with Crippen molar-refractivity contribution in [1.82, 2.24) is 25.4 Å². The molecule has 1 N–H and O–H groups in total. The molecule has 8 nitrogen and oxygen atoms in total. The van der Waals surface area contributed by atoms with E-state index in [0.29, 0.717) is 28.9 Å². The molecule has 0 saturated carbocycles. The molecule has 25 heavy (non-hydrogen) atoms. The number of pyridine rings is 2. The van der Waals surface area contributed by atoms with Crippen molar-refractivity contribution in [2.24, 2.45) is 0 Å². The summed E-state index contributed by atoms with van der Waals surface area (Å²) in [5.74, 6) is 1.88. The summed E-state index contributed by atoms with van der Waals surface area (Å²) in [6, 6.07) is 6.70. The van der Waals surface area contributed by atoms with Crippen LogP contribution in [0.5, 0.6) is 11.5 Å². The van der Waals surface area contributed by atoms with Gasteiger partial charge in [0.05, 0.1) is 6.20 Å². The molecule has 128 valence electrons. The van der Waals surface area contributed by atoms with Gasteiger partial charge in [-0.2, -0.15) is 4.98 Å². The third-order valence-corrected chi connectivity index (χ3v) is 3.33. The monoisotopic (exact) mass is 339 g/mol. The van der Waals surface area contributed by atoms with Gasteiger partial charge in [-0.05, 0) is 18.2 Å². The fourth-order valence-electron chi connectivity index (χ4n) is 2.01. The first-order valence-corrected chi connectivity index (χ1v) is 7.73. The molecule has 0 bridgehead atoms. The van der Waals surface area contributed by atoms with Crippen LogP contribution in [0.15, 0.2) is 41.2 Å². The van der Waals surface area contributed by atoms with Crippen molar-refractivity contribution in [3.63, 3.8) is 0 Å². The molecule has 1 amide bonds. The van der Waals surface area contributed by atoms with Gasteiger partial charge in [-0.3, -0.25) is 9.78 Å². The average molecular weight is 339 g/mol. The Morgan fingerprint density at radius 2 is 2.04 bits per heavy atom. The number of hydrogen-bond donors (Lipinski definition) is 1. The summed E-state index contributed by atoms with van der Waals surface area (Å²) in [4.78, 5) is 24.2. The lowest BCUT2D eigenvalue weighted by molar-refractivity contribution is 0.0958. The van der Waals surface area contributed by atoms with Gasteiger partial charge in [-0.1, -0.05) is 19.0 Å². The summed E-state index contributed by atoms with van der Waals surface area (Å²) < 4.78 is 10.9. The molecule has 0 atom stereocenters. The second kappa shape index (κ2) is 7.08. The van der Waals surface area contributed by atoms with Crippen molar-refractivity contribution in [2.75, 3.05) is 7.05 Å². The SMILES string of the molecule is CNC(=O)c1cc(Oc2ccc(-c3noc(C(C)C)n3)nc2)ccn1. The molecule has 0 fully saturated rings. The number of carbonyl (C=O) groups is 1. The van der Waals surface area contributed by atoms with E-state index in [1.165, 1.54) is 6.20 Å². The third-order valence-electron chi connectivity index (χ3n) is 3.33. The van der Waals surface area contributed by atoms with Gasteiger partial charge in [0.1, 0.15) is 22.9 Å². The summed E-state index contributed by atoms with van der Waals surface area (Å²) in [5, 5.41) is 6.44. The molecule has 0 radical (unpaired) electrons. The summed E-state index contributed by atoms with van der Waals surface area (Å²) in [5.41, 5.74) is 0.862. The minimum absolute atomic E-state index is 0.157. The highest BCUT2D eigenvalue weighted by atomic mass is 16.5. The Morgan fingerprint density at radius 3 is 2.68 bits per heavy atom. The van der Waals surface area contributed by atoms with Gasteiger partial charge in [0.25, 0.3) is 5.91 Å². The number of rotatable bonds is 5. The van der Waals surface area contributed by atoms with Gasteiger partial charge in [0, 0.05) is 25.2 Å². The third kappa shape index (κ3) is 3.79. The number of ether oxygens (including phenoxy) is 1. The molecule has 0 aromatic carbocycles. The van der Waals surface area contributed by atoms with Crippen LogP contribution in [0.2, 0.25) is 0 Å². The van der Waals surface area contributed by atoms with Crippen molar-refractivity contribution in [1.29, 1.82) is 0 Å². The molecule has 3 rings (SSSR count). The zero-order valence-corrected chi connectivity index (χ0v) is 14.1. The number of carbonyl (C=O) groups excluding carboxylic acids is 1. The second-order valence-corrected chi connectivity index (χ2v) is 5.55. The predicted octanol–water partition coefficient (Wildman–Crippen LogP) is 2.80.